The average Bonchev–Trinajstić information content (AvgIpc) is 2.94. The first-order valence-electron chi connectivity index (χ1n) is 12.2. The molecule has 0 aliphatic carbocycles. The molecule has 2 amide bonds. The van der Waals surface area contributed by atoms with Gasteiger partial charge in [-0.05, 0) is 55.8 Å². The Morgan fingerprint density at radius 1 is 0.611 bits per heavy atom. The van der Waals surface area contributed by atoms with Crippen LogP contribution in [0.4, 0.5) is 11.4 Å². The molecule has 0 saturated heterocycles. The number of ether oxygens (including phenoxy) is 1. The van der Waals surface area contributed by atoms with Crippen LogP contribution in [0.1, 0.15) is 24.2 Å². The van der Waals surface area contributed by atoms with Gasteiger partial charge in [-0.1, -0.05) is 72.8 Å². The lowest BCUT2D eigenvalue weighted by atomic mass is 9.97. The first-order valence-corrected chi connectivity index (χ1v) is 12.2. The van der Waals surface area contributed by atoms with E-state index in [4.69, 9.17) is 4.74 Å². The van der Waals surface area contributed by atoms with Crippen LogP contribution in [0.5, 0.6) is 5.75 Å². The van der Waals surface area contributed by atoms with Crippen LogP contribution in [0.25, 0.3) is 11.1 Å². The van der Waals surface area contributed by atoms with Crippen molar-refractivity contribution in [3.05, 3.63) is 115 Å². The van der Waals surface area contributed by atoms with E-state index < -0.39 is 0 Å². The number of benzene rings is 4. The minimum Gasteiger partial charge on any atom is -0.483 e. The second kappa shape index (κ2) is 11.8. The lowest BCUT2D eigenvalue weighted by molar-refractivity contribution is -0.120. The fourth-order valence-electron chi connectivity index (χ4n) is 4.24. The van der Waals surface area contributed by atoms with Crippen molar-refractivity contribution in [3.8, 4) is 16.9 Å². The van der Waals surface area contributed by atoms with Gasteiger partial charge in [-0.15, -0.1) is 0 Å². The highest BCUT2D eigenvalue weighted by molar-refractivity contribution is 6.10. The van der Waals surface area contributed by atoms with E-state index >= 15 is 0 Å². The molecule has 0 saturated carbocycles. The molecular weight excluding hydrogens is 448 g/mol. The van der Waals surface area contributed by atoms with Crippen LogP contribution >= 0.6 is 0 Å². The molecule has 0 unspecified atom stereocenters. The third-order valence-electron chi connectivity index (χ3n) is 6.00. The summed E-state index contributed by atoms with van der Waals surface area (Å²) in [5.74, 6) is 0.327. The summed E-state index contributed by atoms with van der Waals surface area (Å²) in [6.07, 6.45) is 0. The van der Waals surface area contributed by atoms with Gasteiger partial charge in [0.25, 0.3) is 11.8 Å². The number of hydrogen-bond acceptors (Lipinski definition) is 3. The fraction of sp³-hybridized carbons (Fsp3) is 0.161. The Kier molecular flexibility index (Phi) is 8.14. The molecule has 0 bridgehead atoms. The predicted octanol–water partition coefficient (Wildman–Crippen LogP) is 6.45. The summed E-state index contributed by atoms with van der Waals surface area (Å²) in [4.78, 5) is 30.1. The van der Waals surface area contributed by atoms with Crippen LogP contribution in [0.2, 0.25) is 0 Å². The maximum atomic E-state index is 13.7. The molecule has 0 radical (unpaired) electrons. The summed E-state index contributed by atoms with van der Waals surface area (Å²) in [6, 6.07) is 34.2. The minimum atomic E-state index is -0.135. The Morgan fingerprint density at radius 2 is 1.11 bits per heavy atom. The van der Waals surface area contributed by atoms with Crippen molar-refractivity contribution in [2.24, 2.45) is 0 Å². The predicted molar refractivity (Wildman–Crippen MR) is 146 cm³/mol. The molecule has 36 heavy (non-hydrogen) atoms. The summed E-state index contributed by atoms with van der Waals surface area (Å²) in [5.41, 5.74) is 3.77. The number of amides is 2. The molecule has 0 N–H and O–H groups in total. The van der Waals surface area contributed by atoms with Gasteiger partial charge in [-0.2, -0.15) is 0 Å². The smallest absolute Gasteiger partial charge is 0.264 e. The molecule has 0 spiro atoms. The van der Waals surface area contributed by atoms with E-state index in [1.165, 1.54) is 0 Å². The zero-order valence-electron chi connectivity index (χ0n) is 20.6. The lowest BCUT2D eigenvalue weighted by Crippen LogP contribution is -2.34. The van der Waals surface area contributed by atoms with Gasteiger partial charge in [0, 0.05) is 35.6 Å². The number of anilines is 2. The van der Waals surface area contributed by atoms with Crippen molar-refractivity contribution in [2.75, 3.05) is 29.5 Å². The Morgan fingerprint density at radius 3 is 1.72 bits per heavy atom. The number of nitrogens with zero attached hydrogens (tertiary/aromatic N) is 2. The quantitative estimate of drug-likeness (QED) is 0.278. The molecule has 0 fully saturated rings. The summed E-state index contributed by atoms with van der Waals surface area (Å²) in [5, 5.41) is 0. The van der Waals surface area contributed by atoms with Crippen LogP contribution in [0.3, 0.4) is 0 Å². The summed E-state index contributed by atoms with van der Waals surface area (Å²) < 4.78 is 6.05. The standard InChI is InChI=1S/C31H30N2O3/c1-3-32(24-15-7-5-8-16-24)30(34)23-36-29-22-14-13-20-27(29)26-19-11-12-21-28(26)31(35)33(4-2)25-17-9-6-10-18-25/h5-22H,3-4,23H2,1-2H3. The van der Waals surface area contributed by atoms with Crippen LogP contribution in [-0.2, 0) is 4.79 Å². The molecule has 4 rings (SSSR count). The Bertz CT molecular complexity index is 1310. The van der Waals surface area contributed by atoms with Gasteiger partial charge in [0.2, 0.25) is 0 Å². The summed E-state index contributed by atoms with van der Waals surface area (Å²) >= 11 is 0. The van der Waals surface area contributed by atoms with Gasteiger partial charge >= 0.3 is 0 Å². The maximum absolute atomic E-state index is 13.7. The van der Waals surface area contributed by atoms with Crippen LogP contribution in [-0.4, -0.2) is 31.5 Å². The molecule has 0 heterocycles. The molecule has 182 valence electrons. The van der Waals surface area contributed by atoms with Crippen LogP contribution in [0.15, 0.2) is 109 Å². The van der Waals surface area contributed by atoms with Crippen molar-refractivity contribution in [1.82, 2.24) is 0 Å². The summed E-state index contributed by atoms with van der Waals surface area (Å²) in [6.45, 7) is 4.87. The van der Waals surface area contributed by atoms with Crippen molar-refractivity contribution >= 4 is 23.2 Å². The molecule has 4 aromatic rings. The molecule has 0 atom stereocenters. The van der Waals surface area contributed by atoms with E-state index in [0.717, 1.165) is 22.5 Å². The number of carbonyl (C=O) groups excluding carboxylic acids is 2. The van der Waals surface area contributed by atoms with Gasteiger partial charge < -0.3 is 14.5 Å². The van der Waals surface area contributed by atoms with Gasteiger partial charge in [-0.3, -0.25) is 9.59 Å². The number of likely N-dealkylation sites (N-methyl/N-ethyl adjacent to an activating group) is 1. The molecule has 0 aromatic heterocycles. The van der Waals surface area contributed by atoms with E-state index in [2.05, 4.69) is 0 Å². The Labute approximate surface area is 212 Å². The zero-order valence-corrected chi connectivity index (χ0v) is 20.6. The van der Waals surface area contributed by atoms with E-state index in [1.807, 2.05) is 123 Å². The van der Waals surface area contributed by atoms with E-state index in [9.17, 15) is 9.59 Å². The molecule has 5 heteroatoms. The van der Waals surface area contributed by atoms with E-state index in [-0.39, 0.29) is 18.4 Å². The third kappa shape index (κ3) is 5.47. The highest BCUT2D eigenvalue weighted by Gasteiger charge is 2.22. The highest BCUT2D eigenvalue weighted by atomic mass is 16.5. The highest BCUT2D eigenvalue weighted by Crippen LogP contribution is 2.33. The topological polar surface area (TPSA) is 49.9 Å². The van der Waals surface area contributed by atoms with Crippen LogP contribution < -0.4 is 14.5 Å². The Hall–Kier alpha value is -4.38. The number of rotatable bonds is 9. The first-order chi connectivity index (χ1) is 17.6. The van der Waals surface area contributed by atoms with Gasteiger partial charge in [-0.25, -0.2) is 0 Å². The number of para-hydroxylation sites is 3. The first kappa shape index (κ1) is 24.7. The molecule has 4 aromatic carbocycles. The monoisotopic (exact) mass is 478 g/mol. The van der Waals surface area contributed by atoms with Crippen molar-refractivity contribution in [1.29, 1.82) is 0 Å². The second-order valence-corrected chi connectivity index (χ2v) is 8.19. The van der Waals surface area contributed by atoms with Crippen LogP contribution in [0, 0.1) is 0 Å². The lowest BCUT2D eigenvalue weighted by Gasteiger charge is -2.23. The number of hydrogen-bond donors (Lipinski definition) is 0. The van der Waals surface area contributed by atoms with Crippen molar-refractivity contribution in [2.45, 2.75) is 13.8 Å². The second-order valence-electron chi connectivity index (χ2n) is 8.19. The molecular formula is C31H30N2O3. The maximum Gasteiger partial charge on any atom is 0.264 e. The van der Waals surface area contributed by atoms with Crippen molar-refractivity contribution < 1.29 is 14.3 Å². The largest absolute Gasteiger partial charge is 0.483 e. The normalized spacial score (nSPS) is 10.5. The van der Waals surface area contributed by atoms with Crippen molar-refractivity contribution in [3.63, 3.8) is 0 Å². The molecule has 0 aliphatic rings. The summed E-state index contributed by atoms with van der Waals surface area (Å²) in [7, 11) is 0. The average molecular weight is 479 g/mol. The molecule has 5 nitrogen and oxygen atoms in total. The van der Waals surface area contributed by atoms with Gasteiger partial charge in [0.1, 0.15) is 5.75 Å². The minimum absolute atomic E-state index is 0.0913. The fourth-order valence-corrected chi connectivity index (χ4v) is 4.24. The zero-order chi connectivity index (χ0) is 25.3. The van der Waals surface area contributed by atoms with Gasteiger partial charge in [0.15, 0.2) is 6.61 Å². The molecule has 0 aliphatic heterocycles. The third-order valence-corrected chi connectivity index (χ3v) is 6.00. The Balaban J connectivity index is 1.61. The number of carbonyl (C=O) groups is 2. The van der Waals surface area contributed by atoms with Gasteiger partial charge in [0.05, 0.1) is 0 Å². The van der Waals surface area contributed by atoms with E-state index in [1.54, 1.807) is 9.80 Å². The van der Waals surface area contributed by atoms with E-state index in [0.29, 0.717) is 24.4 Å². The SMILES string of the molecule is CCN(C(=O)COc1ccccc1-c1ccccc1C(=O)N(CC)c1ccccc1)c1ccccc1.